The summed E-state index contributed by atoms with van der Waals surface area (Å²) >= 11 is 0. The molecule has 218 valence electrons. The fourth-order valence-corrected chi connectivity index (χ4v) is 7.65. The van der Waals surface area contributed by atoms with E-state index in [1.54, 1.807) is 4.90 Å². The van der Waals surface area contributed by atoms with E-state index in [1.165, 1.54) is 0 Å². The van der Waals surface area contributed by atoms with Crippen LogP contribution >= 0.6 is 0 Å². The summed E-state index contributed by atoms with van der Waals surface area (Å²) in [6.07, 6.45) is 10.9. The molecule has 39 heavy (non-hydrogen) atoms. The van der Waals surface area contributed by atoms with Crippen LogP contribution in [0.1, 0.15) is 81.1 Å². The number of hydrogen-bond donors (Lipinski definition) is 1. The smallest absolute Gasteiger partial charge is 0.313 e. The Morgan fingerprint density at radius 3 is 2.33 bits per heavy atom. The molecule has 1 N–H and O–H groups in total. The number of carbonyl (C=O) groups excluding carboxylic acids is 3. The summed E-state index contributed by atoms with van der Waals surface area (Å²) in [7, 11) is 0. The fraction of sp³-hybridized carbons (Fsp3) is 0.774. The Kier molecular flexibility index (Phi) is 7.89. The first-order chi connectivity index (χ1) is 18.1. The number of cyclic esters (lactones) is 1. The quantitative estimate of drug-likeness (QED) is 0.417. The van der Waals surface area contributed by atoms with Crippen molar-refractivity contribution in [1.29, 1.82) is 0 Å². The predicted octanol–water partition coefficient (Wildman–Crippen LogP) is 3.87. The minimum Gasteiger partial charge on any atom is -0.465 e. The van der Waals surface area contributed by atoms with Crippen LogP contribution in [0.15, 0.2) is 24.3 Å². The lowest BCUT2D eigenvalue weighted by molar-refractivity contribution is -0.164. The maximum Gasteiger partial charge on any atom is 0.313 e. The molecule has 4 aliphatic rings. The largest absolute Gasteiger partial charge is 0.465 e. The number of esters is 1. The Balaban J connectivity index is 1.90. The number of likely N-dealkylation sites (tertiary alicyclic amines) is 1. The third-order valence-corrected chi connectivity index (χ3v) is 8.95. The van der Waals surface area contributed by atoms with E-state index >= 15 is 0 Å². The van der Waals surface area contributed by atoms with Crippen LogP contribution in [-0.2, 0) is 23.9 Å². The van der Waals surface area contributed by atoms with Crippen LogP contribution in [0.2, 0.25) is 0 Å². The molecule has 8 nitrogen and oxygen atoms in total. The highest BCUT2D eigenvalue weighted by Crippen LogP contribution is 2.58. The summed E-state index contributed by atoms with van der Waals surface area (Å²) in [5.74, 6) is -2.99. The van der Waals surface area contributed by atoms with Crippen molar-refractivity contribution in [3.63, 3.8) is 0 Å². The van der Waals surface area contributed by atoms with Crippen LogP contribution in [0, 0.1) is 23.2 Å². The summed E-state index contributed by atoms with van der Waals surface area (Å²) in [5, 5.41) is 10.5. The first-order valence-electron chi connectivity index (χ1n) is 14.6. The molecule has 0 bridgehead atoms. The summed E-state index contributed by atoms with van der Waals surface area (Å²) < 4.78 is 12.6. The molecule has 1 spiro atoms. The molecule has 0 saturated carbocycles. The Morgan fingerprint density at radius 2 is 1.72 bits per heavy atom. The van der Waals surface area contributed by atoms with Crippen LogP contribution in [0.5, 0.6) is 0 Å². The van der Waals surface area contributed by atoms with Gasteiger partial charge in [-0.15, -0.1) is 0 Å². The lowest BCUT2D eigenvalue weighted by Gasteiger charge is -2.46. The highest BCUT2D eigenvalue weighted by atomic mass is 16.6. The van der Waals surface area contributed by atoms with Gasteiger partial charge in [-0.3, -0.25) is 14.4 Å². The molecule has 0 radical (unpaired) electrons. The van der Waals surface area contributed by atoms with Crippen molar-refractivity contribution in [3.8, 4) is 0 Å². The van der Waals surface area contributed by atoms with E-state index in [0.717, 1.165) is 25.7 Å². The van der Waals surface area contributed by atoms with Gasteiger partial charge in [0.1, 0.15) is 17.6 Å². The third-order valence-electron chi connectivity index (χ3n) is 8.95. The molecular weight excluding hydrogens is 496 g/mol. The zero-order valence-electron chi connectivity index (χ0n) is 25.0. The van der Waals surface area contributed by atoms with Crippen LogP contribution in [0.4, 0.5) is 0 Å². The van der Waals surface area contributed by atoms with Crippen molar-refractivity contribution in [2.75, 3.05) is 19.8 Å². The molecule has 0 aliphatic carbocycles. The number of nitrogens with zero attached hydrogens (tertiary/aromatic N) is 2. The summed E-state index contributed by atoms with van der Waals surface area (Å²) in [6, 6.07) is -1.61. The molecule has 2 saturated heterocycles. The summed E-state index contributed by atoms with van der Waals surface area (Å²) in [4.78, 5) is 46.2. The van der Waals surface area contributed by atoms with Gasteiger partial charge >= 0.3 is 5.97 Å². The van der Waals surface area contributed by atoms with E-state index in [1.807, 2.05) is 50.0 Å². The molecule has 8 heteroatoms. The predicted molar refractivity (Wildman–Crippen MR) is 149 cm³/mol. The van der Waals surface area contributed by atoms with Crippen molar-refractivity contribution >= 4 is 17.8 Å². The van der Waals surface area contributed by atoms with E-state index in [2.05, 4.69) is 34.6 Å². The van der Waals surface area contributed by atoms with E-state index in [0.29, 0.717) is 6.54 Å². The van der Waals surface area contributed by atoms with Gasteiger partial charge in [-0.2, -0.15) is 0 Å². The van der Waals surface area contributed by atoms with Gasteiger partial charge in [0.25, 0.3) is 0 Å². The number of ether oxygens (including phenoxy) is 2. The number of amides is 2. The maximum absolute atomic E-state index is 14.7. The monoisotopic (exact) mass is 544 g/mol. The Labute approximate surface area is 233 Å². The topological polar surface area (TPSA) is 96.4 Å². The van der Waals surface area contributed by atoms with E-state index < -0.39 is 46.6 Å². The molecule has 2 amide bonds. The zero-order chi connectivity index (χ0) is 29.0. The minimum absolute atomic E-state index is 0.0366. The first kappa shape index (κ1) is 29.8. The summed E-state index contributed by atoms with van der Waals surface area (Å²) in [6.45, 7) is 16.6. The van der Waals surface area contributed by atoms with E-state index in [-0.39, 0.29) is 36.4 Å². The first-order valence-corrected chi connectivity index (χ1v) is 14.6. The van der Waals surface area contributed by atoms with Gasteiger partial charge in [-0.25, -0.2) is 0 Å². The fourth-order valence-electron chi connectivity index (χ4n) is 7.65. The average Bonchev–Trinajstić information content (AvgIpc) is 3.12. The van der Waals surface area contributed by atoms with Gasteiger partial charge in [0.15, 0.2) is 0 Å². The van der Waals surface area contributed by atoms with Gasteiger partial charge in [0.2, 0.25) is 11.8 Å². The second-order valence-corrected chi connectivity index (χ2v) is 14.2. The molecular formula is C31H48N2O6. The van der Waals surface area contributed by atoms with Gasteiger partial charge < -0.3 is 24.4 Å². The molecule has 2 fully saturated rings. The Hall–Kier alpha value is -2.19. The minimum atomic E-state index is -1.36. The molecule has 0 aromatic rings. The number of rotatable bonds is 5. The zero-order valence-corrected chi connectivity index (χ0v) is 25.0. The lowest BCUT2D eigenvalue weighted by Crippen LogP contribution is -2.62. The molecule has 1 unspecified atom stereocenters. The second kappa shape index (κ2) is 10.3. The Morgan fingerprint density at radius 1 is 1.03 bits per heavy atom. The third kappa shape index (κ3) is 5.08. The number of carbonyl (C=O) groups is 3. The van der Waals surface area contributed by atoms with Crippen molar-refractivity contribution in [1.82, 2.24) is 9.80 Å². The molecule has 6 atom stereocenters. The SMILES string of the molecule is CC(C)[C@H](CO)N1C(=O)[C@@H]2[C@H]3C(=O)OCCCC/C=C\[C@@]3(C)O[C@@]23C=CCN(C(C)(C)CC(C)(C)C)C(=O)C13. The van der Waals surface area contributed by atoms with Crippen molar-refractivity contribution in [2.24, 2.45) is 23.2 Å². The second-order valence-electron chi connectivity index (χ2n) is 14.2. The molecule has 4 aliphatic heterocycles. The Bertz CT molecular complexity index is 1040. The number of hydrogen-bond acceptors (Lipinski definition) is 6. The molecule has 4 heterocycles. The van der Waals surface area contributed by atoms with Crippen LogP contribution in [-0.4, -0.2) is 81.3 Å². The number of aliphatic hydroxyl groups is 1. The van der Waals surface area contributed by atoms with Crippen LogP contribution < -0.4 is 0 Å². The van der Waals surface area contributed by atoms with Crippen LogP contribution in [0.25, 0.3) is 0 Å². The highest BCUT2D eigenvalue weighted by molar-refractivity contribution is 5.99. The van der Waals surface area contributed by atoms with E-state index in [4.69, 9.17) is 9.47 Å². The standard InChI is InChI=1S/C31H48N2O6/c1-20(2)21(18-34)33-24-26(36)32(29(6,7)19-28(3,4)5)16-13-15-31(24)22(25(33)35)23-27(37)38-17-12-10-9-11-14-30(23,8)39-31/h11,13-15,20-24,34H,9-10,12,16-19H2,1-8H3/b14-11-/t21-,22-,23-,24?,30+,31-/m0/s1. The molecule has 4 rings (SSSR count). The van der Waals surface area contributed by atoms with Crippen LogP contribution in [0.3, 0.4) is 0 Å². The molecule has 0 aromatic heterocycles. The number of allylic oxidation sites excluding steroid dienone is 1. The van der Waals surface area contributed by atoms with Gasteiger partial charge in [0.05, 0.1) is 30.8 Å². The summed E-state index contributed by atoms with van der Waals surface area (Å²) in [5.41, 5.74) is -3.03. The number of aliphatic hydroxyl groups excluding tert-OH is 1. The maximum atomic E-state index is 14.7. The normalized spacial score (nSPS) is 35.3. The van der Waals surface area contributed by atoms with E-state index in [9.17, 15) is 19.5 Å². The van der Waals surface area contributed by atoms with Gasteiger partial charge in [-0.05, 0) is 57.8 Å². The van der Waals surface area contributed by atoms with Crippen molar-refractivity contribution in [2.45, 2.75) is 110 Å². The highest BCUT2D eigenvalue weighted by Gasteiger charge is 2.75. The van der Waals surface area contributed by atoms with Crippen molar-refractivity contribution in [3.05, 3.63) is 24.3 Å². The van der Waals surface area contributed by atoms with Crippen molar-refractivity contribution < 1.29 is 29.0 Å². The van der Waals surface area contributed by atoms with Gasteiger partial charge in [-0.1, -0.05) is 58.9 Å². The van der Waals surface area contributed by atoms with Gasteiger partial charge in [0, 0.05) is 12.1 Å². The molecule has 0 aromatic carbocycles. The lowest BCUT2D eigenvalue weighted by atomic mass is 9.74. The average molecular weight is 545 g/mol. The number of fused-ring (bicyclic) bond motifs is 2.